The molecule has 0 amide bonds. The lowest BCUT2D eigenvalue weighted by atomic mass is 10.1. The number of piperazine rings is 1. The smallest absolute Gasteiger partial charge is 0.0471 e. The molecule has 2 aliphatic rings. The van der Waals surface area contributed by atoms with E-state index in [0.717, 1.165) is 50.3 Å². The number of halogens is 1. The highest BCUT2D eigenvalue weighted by Crippen LogP contribution is 2.26. The molecule has 1 aromatic rings. The zero-order valence-electron chi connectivity index (χ0n) is 12.2. The minimum Gasteiger partial charge on any atom is -0.369 e. The van der Waals surface area contributed by atoms with Crippen molar-refractivity contribution in [1.82, 2.24) is 10.2 Å². The number of rotatable bonds is 5. The molecule has 1 saturated heterocycles. The van der Waals surface area contributed by atoms with Crippen molar-refractivity contribution in [3.05, 3.63) is 28.8 Å². The van der Waals surface area contributed by atoms with Crippen LogP contribution >= 0.6 is 11.6 Å². The molecule has 1 N–H and O–H groups in total. The van der Waals surface area contributed by atoms with E-state index in [1.54, 1.807) is 0 Å². The van der Waals surface area contributed by atoms with Gasteiger partial charge in [0.25, 0.3) is 0 Å². The molecule has 1 aliphatic heterocycles. The van der Waals surface area contributed by atoms with Crippen LogP contribution in [-0.4, -0.2) is 43.7 Å². The van der Waals surface area contributed by atoms with Crippen LogP contribution < -0.4 is 10.2 Å². The molecule has 1 heterocycles. The molecule has 3 rings (SSSR count). The first-order valence-corrected chi connectivity index (χ1v) is 8.13. The number of benzene rings is 1. The van der Waals surface area contributed by atoms with Crippen molar-refractivity contribution in [3.8, 4) is 0 Å². The van der Waals surface area contributed by atoms with Gasteiger partial charge in [0.05, 0.1) is 0 Å². The van der Waals surface area contributed by atoms with E-state index < -0.39 is 0 Å². The van der Waals surface area contributed by atoms with Crippen LogP contribution in [0.15, 0.2) is 18.2 Å². The van der Waals surface area contributed by atoms with Gasteiger partial charge in [0.15, 0.2) is 0 Å². The van der Waals surface area contributed by atoms with E-state index in [2.05, 4.69) is 40.2 Å². The van der Waals surface area contributed by atoms with Gasteiger partial charge in [-0.2, -0.15) is 0 Å². The Morgan fingerprint density at radius 1 is 1.20 bits per heavy atom. The maximum Gasteiger partial charge on any atom is 0.0471 e. The molecule has 110 valence electrons. The van der Waals surface area contributed by atoms with E-state index in [-0.39, 0.29) is 0 Å². The Hall–Kier alpha value is -0.770. The summed E-state index contributed by atoms with van der Waals surface area (Å²) in [6, 6.07) is 7.26. The number of likely N-dealkylation sites (N-methyl/N-ethyl adjacent to an activating group) is 1. The van der Waals surface area contributed by atoms with Crippen molar-refractivity contribution >= 4 is 17.3 Å². The Morgan fingerprint density at radius 2 is 1.95 bits per heavy atom. The fraction of sp³-hybridized carbons (Fsp3) is 0.625. The molecule has 1 aromatic carbocycles. The highest BCUT2D eigenvalue weighted by atomic mass is 35.5. The number of nitrogens with one attached hydrogen (secondary N) is 1. The van der Waals surface area contributed by atoms with Gasteiger partial charge in [-0.05, 0) is 37.1 Å². The summed E-state index contributed by atoms with van der Waals surface area (Å²) >= 11 is 6.43. The Balaban J connectivity index is 1.60. The van der Waals surface area contributed by atoms with Gasteiger partial charge in [0.2, 0.25) is 0 Å². The summed E-state index contributed by atoms with van der Waals surface area (Å²) in [6.07, 6.45) is 2.63. The Morgan fingerprint density at radius 3 is 2.55 bits per heavy atom. The van der Waals surface area contributed by atoms with Crippen LogP contribution in [0, 0.1) is 0 Å². The van der Waals surface area contributed by atoms with Crippen LogP contribution in [0.4, 0.5) is 5.69 Å². The van der Waals surface area contributed by atoms with E-state index >= 15 is 0 Å². The first kappa shape index (κ1) is 14.2. The maximum atomic E-state index is 6.43. The van der Waals surface area contributed by atoms with Gasteiger partial charge in [0.1, 0.15) is 0 Å². The van der Waals surface area contributed by atoms with E-state index in [1.807, 2.05) is 0 Å². The van der Waals surface area contributed by atoms with E-state index in [9.17, 15) is 0 Å². The minimum absolute atomic E-state index is 0.730. The Labute approximate surface area is 126 Å². The first-order chi connectivity index (χ1) is 9.76. The fourth-order valence-corrected chi connectivity index (χ4v) is 2.98. The van der Waals surface area contributed by atoms with Crippen LogP contribution in [0.2, 0.25) is 5.02 Å². The van der Waals surface area contributed by atoms with Gasteiger partial charge in [0, 0.05) is 49.5 Å². The van der Waals surface area contributed by atoms with Gasteiger partial charge < -0.3 is 15.1 Å². The highest BCUT2D eigenvalue weighted by Gasteiger charge is 2.21. The van der Waals surface area contributed by atoms with Crippen LogP contribution in [0.25, 0.3) is 0 Å². The quantitative estimate of drug-likeness (QED) is 0.900. The zero-order chi connectivity index (χ0) is 13.9. The third kappa shape index (κ3) is 3.46. The molecule has 2 fully saturated rings. The second-order valence-electron chi connectivity index (χ2n) is 5.85. The van der Waals surface area contributed by atoms with Crippen molar-refractivity contribution in [2.24, 2.45) is 0 Å². The van der Waals surface area contributed by atoms with Crippen molar-refractivity contribution in [3.63, 3.8) is 0 Å². The van der Waals surface area contributed by atoms with E-state index in [4.69, 9.17) is 11.6 Å². The third-order valence-corrected chi connectivity index (χ3v) is 4.73. The van der Waals surface area contributed by atoms with Crippen LogP contribution in [0.3, 0.4) is 0 Å². The van der Waals surface area contributed by atoms with Crippen molar-refractivity contribution in [2.45, 2.75) is 32.4 Å². The molecular formula is C16H24ClN3. The van der Waals surface area contributed by atoms with E-state index in [0.29, 0.717) is 0 Å². The normalized spacial score (nSPS) is 20.4. The standard InChI is InChI=1S/C16H24ClN3/c1-2-19-7-9-20(10-8-19)15-6-3-13(16(17)11-15)12-18-14-4-5-14/h3,6,11,14,18H,2,4-5,7-10,12H2,1H3. The summed E-state index contributed by atoms with van der Waals surface area (Å²) in [6.45, 7) is 8.79. The Bertz CT molecular complexity index is 451. The van der Waals surface area contributed by atoms with Gasteiger partial charge >= 0.3 is 0 Å². The number of hydrogen-bond donors (Lipinski definition) is 1. The molecule has 3 nitrogen and oxygen atoms in total. The lowest BCUT2D eigenvalue weighted by Gasteiger charge is -2.35. The van der Waals surface area contributed by atoms with E-state index in [1.165, 1.54) is 24.1 Å². The lowest BCUT2D eigenvalue weighted by molar-refractivity contribution is 0.271. The molecule has 0 unspecified atom stereocenters. The predicted molar refractivity (Wildman–Crippen MR) is 85.6 cm³/mol. The summed E-state index contributed by atoms with van der Waals surface area (Å²) in [5, 5.41) is 4.42. The summed E-state index contributed by atoms with van der Waals surface area (Å²) < 4.78 is 0. The number of hydrogen-bond acceptors (Lipinski definition) is 3. The largest absolute Gasteiger partial charge is 0.369 e. The molecule has 0 radical (unpaired) electrons. The molecule has 0 spiro atoms. The summed E-state index contributed by atoms with van der Waals surface area (Å²) in [4.78, 5) is 4.93. The van der Waals surface area contributed by atoms with Gasteiger partial charge in [-0.25, -0.2) is 0 Å². The maximum absolute atomic E-state index is 6.43. The third-order valence-electron chi connectivity index (χ3n) is 4.38. The second kappa shape index (κ2) is 6.33. The fourth-order valence-electron chi connectivity index (χ4n) is 2.74. The van der Waals surface area contributed by atoms with Crippen molar-refractivity contribution in [1.29, 1.82) is 0 Å². The van der Waals surface area contributed by atoms with Crippen molar-refractivity contribution < 1.29 is 0 Å². The predicted octanol–water partition coefficient (Wildman–Crippen LogP) is 2.73. The number of anilines is 1. The van der Waals surface area contributed by atoms with Crippen LogP contribution in [0.1, 0.15) is 25.3 Å². The lowest BCUT2D eigenvalue weighted by Crippen LogP contribution is -2.46. The molecule has 4 heteroatoms. The monoisotopic (exact) mass is 293 g/mol. The summed E-state index contributed by atoms with van der Waals surface area (Å²) in [5.41, 5.74) is 2.48. The molecular weight excluding hydrogens is 270 g/mol. The van der Waals surface area contributed by atoms with Gasteiger partial charge in [-0.1, -0.05) is 24.6 Å². The second-order valence-corrected chi connectivity index (χ2v) is 6.26. The minimum atomic E-state index is 0.730. The van der Waals surface area contributed by atoms with Crippen LogP contribution in [-0.2, 0) is 6.54 Å². The summed E-state index contributed by atoms with van der Waals surface area (Å²) in [7, 11) is 0. The molecule has 20 heavy (non-hydrogen) atoms. The SMILES string of the molecule is CCN1CCN(c2ccc(CNC3CC3)c(Cl)c2)CC1. The average Bonchev–Trinajstić information content (AvgIpc) is 3.30. The molecule has 0 bridgehead atoms. The Kier molecular flexibility index (Phi) is 4.49. The topological polar surface area (TPSA) is 18.5 Å². The van der Waals surface area contributed by atoms with Crippen molar-refractivity contribution in [2.75, 3.05) is 37.6 Å². The average molecular weight is 294 g/mol. The molecule has 0 atom stereocenters. The first-order valence-electron chi connectivity index (χ1n) is 7.75. The van der Waals surface area contributed by atoms with Crippen LogP contribution in [0.5, 0.6) is 0 Å². The zero-order valence-corrected chi connectivity index (χ0v) is 13.0. The molecule has 0 aromatic heterocycles. The van der Waals surface area contributed by atoms with Gasteiger partial charge in [-0.15, -0.1) is 0 Å². The van der Waals surface area contributed by atoms with Gasteiger partial charge in [-0.3, -0.25) is 0 Å². The number of nitrogens with zero attached hydrogens (tertiary/aromatic N) is 2. The molecule has 1 saturated carbocycles. The molecule has 1 aliphatic carbocycles. The highest BCUT2D eigenvalue weighted by molar-refractivity contribution is 6.31. The summed E-state index contributed by atoms with van der Waals surface area (Å²) in [5.74, 6) is 0.